The second kappa shape index (κ2) is 6.50. The van der Waals surface area contributed by atoms with Gasteiger partial charge in [-0.2, -0.15) is 0 Å². The lowest BCUT2D eigenvalue weighted by molar-refractivity contribution is 0.101. The van der Waals surface area contributed by atoms with Crippen LogP contribution in [0.3, 0.4) is 0 Å². The number of nitrogens with one attached hydrogen (secondary N) is 1. The highest BCUT2D eigenvalue weighted by Crippen LogP contribution is 2.24. The minimum Gasteiger partial charge on any atom is -0.393 e. The maximum atomic E-state index is 12.9. The molecule has 0 aliphatic heterocycles. The standard InChI is InChI=1S/C14H19ClFNO/c15-14-7-12(16)5-4-11(14)9-17-8-10-2-1-3-13(18)6-10/h4-5,7,10,13,17-18H,1-3,6,8-9H2. The van der Waals surface area contributed by atoms with Crippen molar-refractivity contribution in [3.63, 3.8) is 0 Å². The molecular weight excluding hydrogens is 253 g/mol. The van der Waals surface area contributed by atoms with E-state index >= 15 is 0 Å². The molecule has 1 saturated carbocycles. The first-order chi connectivity index (χ1) is 8.65. The van der Waals surface area contributed by atoms with Crippen LogP contribution >= 0.6 is 11.6 Å². The van der Waals surface area contributed by atoms with E-state index in [-0.39, 0.29) is 11.9 Å². The van der Waals surface area contributed by atoms with Crippen LogP contribution in [-0.2, 0) is 6.54 Å². The van der Waals surface area contributed by atoms with Crippen molar-refractivity contribution in [2.75, 3.05) is 6.54 Å². The molecule has 0 bridgehead atoms. The Balaban J connectivity index is 1.77. The number of aliphatic hydroxyl groups is 1. The van der Waals surface area contributed by atoms with Crippen molar-refractivity contribution in [3.8, 4) is 0 Å². The van der Waals surface area contributed by atoms with Gasteiger partial charge in [-0.3, -0.25) is 0 Å². The molecule has 100 valence electrons. The predicted molar refractivity (Wildman–Crippen MR) is 71.1 cm³/mol. The number of halogens is 2. The first-order valence-corrected chi connectivity index (χ1v) is 6.85. The molecule has 18 heavy (non-hydrogen) atoms. The number of benzene rings is 1. The summed E-state index contributed by atoms with van der Waals surface area (Å²) >= 11 is 5.95. The summed E-state index contributed by atoms with van der Waals surface area (Å²) < 4.78 is 12.9. The summed E-state index contributed by atoms with van der Waals surface area (Å²) in [5.74, 6) is 0.229. The molecule has 0 radical (unpaired) electrons. The third kappa shape index (κ3) is 3.94. The molecule has 2 atom stereocenters. The van der Waals surface area contributed by atoms with Crippen LogP contribution < -0.4 is 5.32 Å². The zero-order chi connectivity index (χ0) is 13.0. The first-order valence-electron chi connectivity index (χ1n) is 6.48. The van der Waals surface area contributed by atoms with Crippen LogP contribution in [0.15, 0.2) is 18.2 Å². The van der Waals surface area contributed by atoms with Crippen molar-refractivity contribution in [1.82, 2.24) is 5.32 Å². The van der Waals surface area contributed by atoms with Crippen molar-refractivity contribution in [1.29, 1.82) is 0 Å². The molecule has 4 heteroatoms. The van der Waals surface area contributed by atoms with Crippen LogP contribution in [0.2, 0.25) is 5.02 Å². The molecule has 0 aromatic heterocycles. The number of hydrogen-bond donors (Lipinski definition) is 2. The van der Waals surface area contributed by atoms with E-state index in [4.69, 9.17) is 11.6 Å². The second-order valence-electron chi connectivity index (χ2n) is 5.05. The summed E-state index contributed by atoms with van der Waals surface area (Å²) in [5.41, 5.74) is 0.912. The monoisotopic (exact) mass is 271 g/mol. The average Bonchev–Trinajstić information content (AvgIpc) is 2.32. The first kappa shape index (κ1) is 13.8. The second-order valence-corrected chi connectivity index (χ2v) is 5.46. The van der Waals surface area contributed by atoms with E-state index in [1.807, 2.05) is 0 Å². The van der Waals surface area contributed by atoms with Crippen molar-refractivity contribution >= 4 is 11.6 Å². The van der Waals surface area contributed by atoms with Crippen LogP contribution in [0.4, 0.5) is 4.39 Å². The minimum absolute atomic E-state index is 0.139. The Hall–Kier alpha value is -0.640. The molecular formula is C14H19ClFNO. The van der Waals surface area contributed by atoms with Gasteiger partial charge in [0.15, 0.2) is 0 Å². The van der Waals surface area contributed by atoms with Gasteiger partial charge >= 0.3 is 0 Å². The molecule has 0 saturated heterocycles. The van der Waals surface area contributed by atoms with Gasteiger partial charge in [0.05, 0.1) is 6.10 Å². The van der Waals surface area contributed by atoms with Gasteiger partial charge in [-0.1, -0.05) is 24.1 Å². The molecule has 2 N–H and O–H groups in total. The highest BCUT2D eigenvalue weighted by atomic mass is 35.5. The quantitative estimate of drug-likeness (QED) is 0.882. The van der Waals surface area contributed by atoms with E-state index in [0.717, 1.165) is 31.4 Å². The van der Waals surface area contributed by atoms with E-state index in [2.05, 4.69) is 5.32 Å². The van der Waals surface area contributed by atoms with Gasteiger partial charge in [-0.05, 0) is 49.4 Å². The largest absolute Gasteiger partial charge is 0.393 e. The van der Waals surface area contributed by atoms with Crippen LogP contribution in [-0.4, -0.2) is 17.8 Å². The molecule has 1 aromatic carbocycles. The van der Waals surface area contributed by atoms with E-state index in [9.17, 15) is 9.50 Å². The van der Waals surface area contributed by atoms with E-state index in [0.29, 0.717) is 17.5 Å². The molecule has 2 unspecified atom stereocenters. The lowest BCUT2D eigenvalue weighted by Crippen LogP contribution is -2.28. The Bertz CT molecular complexity index is 399. The summed E-state index contributed by atoms with van der Waals surface area (Å²) in [5, 5.41) is 13.4. The summed E-state index contributed by atoms with van der Waals surface area (Å²) in [4.78, 5) is 0. The molecule has 1 aromatic rings. The Labute approximate surface area is 112 Å². The lowest BCUT2D eigenvalue weighted by atomic mass is 9.87. The molecule has 0 amide bonds. The van der Waals surface area contributed by atoms with Gasteiger partial charge in [0.2, 0.25) is 0 Å². The smallest absolute Gasteiger partial charge is 0.124 e. The molecule has 1 aliphatic rings. The lowest BCUT2D eigenvalue weighted by Gasteiger charge is -2.26. The molecule has 0 spiro atoms. The normalized spacial score (nSPS) is 24.2. The third-order valence-electron chi connectivity index (χ3n) is 3.52. The van der Waals surface area contributed by atoms with Gasteiger partial charge in [-0.15, -0.1) is 0 Å². The fourth-order valence-corrected chi connectivity index (χ4v) is 2.76. The van der Waals surface area contributed by atoms with Gasteiger partial charge in [0.25, 0.3) is 0 Å². The van der Waals surface area contributed by atoms with Crippen molar-refractivity contribution < 1.29 is 9.50 Å². The van der Waals surface area contributed by atoms with Crippen molar-refractivity contribution in [3.05, 3.63) is 34.6 Å². The molecule has 0 heterocycles. The Morgan fingerprint density at radius 2 is 2.22 bits per heavy atom. The third-order valence-corrected chi connectivity index (χ3v) is 3.87. The van der Waals surface area contributed by atoms with Gasteiger partial charge < -0.3 is 10.4 Å². The summed E-state index contributed by atoms with van der Waals surface area (Å²) in [6.45, 7) is 1.52. The van der Waals surface area contributed by atoms with Crippen molar-refractivity contribution in [2.45, 2.75) is 38.3 Å². The average molecular weight is 272 g/mol. The topological polar surface area (TPSA) is 32.3 Å². The number of hydrogen-bond acceptors (Lipinski definition) is 2. The Kier molecular flexibility index (Phi) is 4.98. The van der Waals surface area contributed by atoms with Gasteiger partial charge in [-0.25, -0.2) is 4.39 Å². The molecule has 1 fully saturated rings. The van der Waals surface area contributed by atoms with Gasteiger partial charge in [0, 0.05) is 11.6 Å². The molecule has 2 rings (SSSR count). The fraction of sp³-hybridized carbons (Fsp3) is 0.571. The maximum absolute atomic E-state index is 12.9. The zero-order valence-electron chi connectivity index (χ0n) is 10.3. The SMILES string of the molecule is OC1CCCC(CNCc2ccc(F)cc2Cl)C1. The summed E-state index contributed by atoms with van der Waals surface area (Å²) in [6.07, 6.45) is 3.94. The summed E-state index contributed by atoms with van der Waals surface area (Å²) in [7, 11) is 0. The number of aliphatic hydroxyl groups excluding tert-OH is 1. The molecule has 1 aliphatic carbocycles. The zero-order valence-corrected chi connectivity index (χ0v) is 11.1. The fourth-order valence-electron chi connectivity index (χ4n) is 2.52. The Morgan fingerprint density at radius 1 is 1.39 bits per heavy atom. The molecule has 2 nitrogen and oxygen atoms in total. The van der Waals surface area contributed by atoms with E-state index in [1.54, 1.807) is 6.07 Å². The number of rotatable bonds is 4. The van der Waals surface area contributed by atoms with E-state index < -0.39 is 0 Å². The summed E-state index contributed by atoms with van der Waals surface area (Å²) in [6, 6.07) is 4.47. The highest BCUT2D eigenvalue weighted by molar-refractivity contribution is 6.31. The van der Waals surface area contributed by atoms with Gasteiger partial charge in [0.1, 0.15) is 5.82 Å². The van der Waals surface area contributed by atoms with Crippen LogP contribution in [0.25, 0.3) is 0 Å². The Morgan fingerprint density at radius 3 is 2.94 bits per heavy atom. The van der Waals surface area contributed by atoms with E-state index in [1.165, 1.54) is 18.6 Å². The predicted octanol–water partition coefficient (Wildman–Crippen LogP) is 3.12. The van der Waals surface area contributed by atoms with Crippen LogP contribution in [0.5, 0.6) is 0 Å². The highest BCUT2D eigenvalue weighted by Gasteiger charge is 2.19. The minimum atomic E-state index is -0.306. The van der Waals surface area contributed by atoms with Crippen molar-refractivity contribution in [2.24, 2.45) is 5.92 Å². The maximum Gasteiger partial charge on any atom is 0.124 e. The van der Waals surface area contributed by atoms with Crippen LogP contribution in [0.1, 0.15) is 31.2 Å². The van der Waals surface area contributed by atoms with Crippen LogP contribution in [0, 0.1) is 11.7 Å².